The predicted molar refractivity (Wildman–Crippen MR) is 83.4 cm³/mol. The second kappa shape index (κ2) is 7.87. The van der Waals surface area contributed by atoms with E-state index in [2.05, 4.69) is 12.2 Å². The summed E-state index contributed by atoms with van der Waals surface area (Å²) in [6.45, 7) is 6.59. The monoisotopic (exact) mass is 319 g/mol. The van der Waals surface area contributed by atoms with E-state index in [1.807, 2.05) is 0 Å². The van der Waals surface area contributed by atoms with Crippen molar-refractivity contribution in [1.29, 1.82) is 0 Å². The molecule has 0 amide bonds. The second-order valence-electron chi connectivity index (χ2n) is 6.06. The number of rotatable bonds is 7. The van der Waals surface area contributed by atoms with Gasteiger partial charge in [-0.1, -0.05) is 6.92 Å². The molecule has 0 aromatic heterocycles. The molecule has 1 atom stereocenters. The van der Waals surface area contributed by atoms with Gasteiger partial charge in [0.05, 0.1) is 6.10 Å². The van der Waals surface area contributed by atoms with Crippen molar-refractivity contribution in [2.45, 2.75) is 38.7 Å². The SMILES string of the molecule is CCCNCC1CCN(S(=O)(=O)N2CCC(OC)C2)CC1. The number of ether oxygens (including phenoxy) is 1. The molecule has 0 bridgehead atoms. The van der Waals surface area contributed by atoms with Gasteiger partial charge in [0, 0.05) is 33.3 Å². The molecule has 7 heteroatoms. The average molecular weight is 319 g/mol. The van der Waals surface area contributed by atoms with Crippen molar-refractivity contribution in [3.63, 3.8) is 0 Å². The predicted octanol–water partition coefficient (Wildman–Crippen LogP) is 0.664. The van der Waals surface area contributed by atoms with Gasteiger partial charge in [0.2, 0.25) is 0 Å². The van der Waals surface area contributed by atoms with Gasteiger partial charge < -0.3 is 10.1 Å². The highest BCUT2D eigenvalue weighted by molar-refractivity contribution is 7.86. The minimum absolute atomic E-state index is 0.0514. The first-order valence-corrected chi connectivity index (χ1v) is 9.46. The molecule has 0 aliphatic carbocycles. The third-order valence-corrected chi connectivity index (χ3v) is 6.53. The van der Waals surface area contributed by atoms with Crippen LogP contribution in [0.5, 0.6) is 0 Å². The highest BCUT2D eigenvalue weighted by Crippen LogP contribution is 2.24. The van der Waals surface area contributed by atoms with Gasteiger partial charge in [0.15, 0.2) is 0 Å². The van der Waals surface area contributed by atoms with Crippen LogP contribution >= 0.6 is 0 Å². The van der Waals surface area contributed by atoms with Crippen molar-refractivity contribution in [2.75, 3.05) is 46.4 Å². The van der Waals surface area contributed by atoms with E-state index in [-0.39, 0.29) is 6.10 Å². The van der Waals surface area contributed by atoms with Gasteiger partial charge in [-0.15, -0.1) is 0 Å². The second-order valence-corrected chi connectivity index (χ2v) is 7.99. The molecule has 0 radical (unpaired) electrons. The van der Waals surface area contributed by atoms with E-state index in [4.69, 9.17) is 4.74 Å². The normalized spacial score (nSPS) is 26.5. The molecule has 2 aliphatic rings. The Kier molecular flexibility index (Phi) is 6.43. The van der Waals surface area contributed by atoms with Gasteiger partial charge in [-0.3, -0.25) is 0 Å². The Balaban J connectivity index is 1.81. The molecule has 21 heavy (non-hydrogen) atoms. The summed E-state index contributed by atoms with van der Waals surface area (Å²) < 4.78 is 33.7. The number of hydrogen-bond acceptors (Lipinski definition) is 4. The Morgan fingerprint density at radius 2 is 1.81 bits per heavy atom. The molecular formula is C14H29N3O3S. The lowest BCUT2D eigenvalue weighted by Crippen LogP contribution is -2.47. The molecule has 2 rings (SSSR count). The van der Waals surface area contributed by atoms with E-state index in [1.54, 1.807) is 15.7 Å². The molecule has 1 N–H and O–H groups in total. The van der Waals surface area contributed by atoms with Gasteiger partial charge in [-0.2, -0.15) is 17.0 Å². The van der Waals surface area contributed by atoms with E-state index >= 15 is 0 Å². The molecule has 124 valence electrons. The van der Waals surface area contributed by atoms with Crippen LogP contribution in [0, 0.1) is 5.92 Å². The van der Waals surface area contributed by atoms with Crippen molar-refractivity contribution >= 4 is 10.2 Å². The summed E-state index contributed by atoms with van der Waals surface area (Å²) in [5.74, 6) is 0.605. The van der Waals surface area contributed by atoms with Crippen LogP contribution in [0.2, 0.25) is 0 Å². The Labute approximate surface area is 129 Å². The van der Waals surface area contributed by atoms with E-state index in [0.29, 0.717) is 32.1 Å². The van der Waals surface area contributed by atoms with Crippen LogP contribution in [0.4, 0.5) is 0 Å². The zero-order chi connectivity index (χ0) is 15.3. The maximum atomic E-state index is 12.6. The molecule has 2 saturated heterocycles. The van der Waals surface area contributed by atoms with Gasteiger partial charge in [0.1, 0.15) is 0 Å². The van der Waals surface area contributed by atoms with Crippen molar-refractivity contribution < 1.29 is 13.2 Å². The van der Waals surface area contributed by atoms with Gasteiger partial charge in [0.25, 0.3) is 10.2 Å². The Hall–Kier alpha value is -0.210. The summed E-state index contributed by atoms with van der Waals surface area (Å²) in [7, 11) is -1.64. The molecule has 1 unspecified atom stereocenters. The number of nitrogens with one attached hydrogen (secondary N) is 1. The molecule has 0 saturated carbocycles. The largest absolute Gasteiger partial charge is 0.380 e. The molecular weight excluding hydrogens is 290 g/mol. The average Bonchev–Trinajstić information content (AvgIpc) is 2.98. The smallest absolute Gasteiger partial charge is 0.282 e. The van der Waals surface area contributed by atoms with Gasteiger partial charge in [-0.05, 0) is 44.7 Å². The van der Waals surface area contributed by atoms with Gasteiger partial charge in [-0.25, -0.2) is 0 Å². The summed E-state index contributed by atoms with van der Waals surface area (Å²) in [5.41, 5.74) is 0. The third kappa shape index (κ3) is 4.39. The lowest BCUT2D eigenvalue weighted by Gasteiger charge is -2.33. The number of methoxy groups -OCH3 is 1. The van der Waals surface area contributed by atoms with E-state index in [0.717, 1.165) is 38.8 Å². The van der Waals surface area contributed by atoms with Crippen LogP contribution < -0.4 is 5.32 Å². The zero-order valence-electron chi connectivity index (χ0n) is 13.3. The van der Waals surface area contributed by atoms with Crippen LogP contribution in [0.25, 0.3) is 0 Å². The molecule has 0 aromatic rings. The Morgan fingerprint density at radius 1 is 1.14 bits per heavy atom. The van der Waals surface area contributed by atoms with Gasteiger partial charge >= 0.3 is 0 Å². The fourth-order valence-corrected chi connectivity index (χ4v) is 4.78. The first-order valence-electron chi connectivity index (χ1n) is 8.06. The number of piperidine rings is 1. The Bertz CT molecular complexity index is 408. The van der Waals surface area contributed by atoms with Crippen LogP contribution in [0.15, 0.2) is 0 Å². The molecule has 2 heterocycles. The highest BCUT2D eigenvalue weighted by atomic mass is 32.2. The van der Waals surface area contributed by atoms with Crippen molar-refractivity contribution in [1.82, 2.24) is 13.9 Å². The number of hydrogen-bond donors (Lipinski definition) is 1. The summed E-state index contributed by atoms with van der Waals surface area (Å²) in [5, 5.41) is 3.43. The van der Waals surface area contributed by atoms with E-state index < -0.39 is 10.2 Å². The molecule has 2 fully saturated rings. The van der Waals surface area contributed by atoms with Crippen molar-refractivity contribution in [3.8, 4) is 0 Å². The number of nitrogens with zero attached hydrogens (tertiary/aromatic N) is 2. The quantitative estimate of drug-likeness (QED) is 0.701. The molecule has 0 spiro atoms. The minimum Gasteiger partial charge on any atom is -0.380 e. The van der Waals surface area contributed by atoms with E-state index in [1.165, 1.54) is 0 Å². The summed E-state index contributed by atoms with van der Waals surface area (Å²) in [6, 6.07) is 0. The molecule has 0 aromatic carbocycles. The first kappa shape index (κ1) is 17.1. The van der Waals surface area contributed by atoms with E-state index in [9.17, 15) is 8.42 Å². The third-order valence-electron chi connectivity index (χ3n) is 4.53. The zero-order valence-corrected chi connectivity index (χ0v) is 14.1. The molecule has 2 aliphatic heterocycles. The van der Waals surface area contributed by atoms with Crippen molar-refractivity contribution in [3.05, 3.63) is 0 Å². The molecule has 6 nitrogen and oxygen atoms in total. The lowest BCUT2D eigenvalue weighted by atomic mass is 9.98. The fourth-order valence-electron chi connectivity index (χ4n) is 3.09. The van der Waals surface area contributed by atoms with Crippen molar-refractivity contribution in [2.24, 2.45) is 5.92 Å². The standard InChI is InChI=1S/C14H29N3O3S/c1-3-7-15-11-13-4-8-16(9-5-13)21(18,19)17-10-6-14(12-17)20-2/h13-15H,3-12H2,1-2H3. The summed E-state index contributed by atoms with van der Waals surface area (Å²) in [4.78, 5) is 0. The van der Waals surface area contributed by atoms with Crippen LogP contribution in [-0.4, -0.2) is 69.5 Å². The van der Waals surface area contributed by atoms with Crippen LogP contribution in [-0.2, 0) is 14.9 Å². The highest BCUT2D eigenvalue weighted by Gasteiger charge is 2.37. The van der Waals surface area contributed by atoms with Crippen LogP contribution in [0.1, 0.15) is 32.6 Å². The lowest BCUT2D eigenvalue weighted by molar-refractivity contribution is 0.114. The maximum Gasteiger partial charge on any atom is 0.282 e. The topological polar surface area (TPSA) is 61.9 Å². The minimum atomic E-state index is -3.29. The summed E-state index contributed by atoms with van der Waals surface area (Å²) >= 11 is 0. The first-order chi connectivity index (χ1) is 10.1. The Morgan fingerprint density at radius 3 is 2.38 bits per heavy atom. The van der Waals surface area contributed by atoms with Crippen LogP contribution in [0.3, 0.4) is 0 Å². The maximum absolute atomic E-state index is 12.6. The summed E-state index contributed by atoms with van der Waals surface area (Å²) in [6.07, 6.45) is 3.90. The fraction of sp³-hybridized carbons (Fsp3) is 1.00.